The van der Waals surface area contributed by atoms with E-state index in [4.69, 9.17) is 4.98 Å². The van der Waals surface area contributed by atoms with Crippen LogP contribution in [0.15, 0.2) is 72.8 Å². The minimum atomic E-state index is 0. The summed E-state index contributed by atoms with van der Waals surface area (Å²) in [4.78, 5) is 21.4. The summed E-state index contributed by atoms with van der Waals surface area (Å²) in [6.45, 7) is 6.84. The van der Waals surface area contributed by atoms with E-state index in [0.717, 1.165) is 78.4 Å². The largest absolute Gasteiger partial charge is 0.512 e. The van der Waals surface area contributed by atoms with Gasteiger partial charge in [-0.2, -0.15) is 0 Å². The van der Waals surface area contributed by atoms with Crippen molar-refractivity contribution in [2.24, 2.45) is 29.6 Å². The molecular formula is C45H59IrN2O2-. The summed E-state index contributed by atoms with van der Waals surface area (Å²) >= 11 is 0. The van der Waals surface area contributed by atoms with Crippen molar-refractivity contribution >= 4 is 27.5 Å². The number of aliphatic hydroxyl groups excluding tert-OH is 1. The van der Waals surface area contributed by atoms with Crippen molar-refractivity contribution in [3.8, 4) is 11.3 Å². The Hall–Kier alpha value is -2.88. The Morgan fingerprint density at radius 3 is 2.16 bits per heavy atom. The third kappa shape index (κ3) is 9.91. The zero-order valence-electron chi connectivity index (χ0n) is 29.8. The van der Waals surface area contributed by atoms with Gasteiger partial charge in [0.05, 0.1) is 11.3 Å². The normalized spacial score (nSPS) is 25.5. The molecule has 5 heteroatoms. The zero-order chi connectivity index (χ0) is 33.5. The van der Waals surface area contributed by atoms with Crippen LogP contribution in [0.3, 0.4) is 0 Å². The Kier molecular flexibility index (Phi) is 15.2. The number of allylic oxidation sites excluding steroid dienone is 2. The first-order chi connectivity index (χ1) is 23.4. The van der Waals surface area contributed by atoms with Crippen LogP contribution >= 0.6 is 0 Å². The molecular weight excluding hydrogens is 793 g/mol. The molecule has 0 saturated heterocycles. The monoisotopic (exact) mass is 852 g/mol. The number of hydrogen-bond acceptors (Lipinski definition) is 4. The predicted octanol–water partition coefficient (Wildman–Crippen LogP) is 12.6. The number of rotatable bonds is 7. The molecule has 3 aromatic carbocycles. The van der Waals surface area contributed by atoms with E-state index in [-0.39, 0.29) is 45.2 Å². The predicted molar refractivity (Wildman–Crippen MR) is 206 cm³/mol. The molecule has 3 saturated carbocycles. The van der Waals surface area contributed by atoms with Crippen molar-refractivity contribution in [2.75, 3.05) is 0 Å². The van der Waals surface area contributed by atoms with Gasteiger partial charge >= 0.3 is 0 Å². The van der Waals surface area contributed by atoms with Gasteiger partial charge < -0.3 is 5.11 Å². The Labute approximate surface area is 315 Å². The maximum Gasteiger partial charge on any atom is 0.162 e. The first kappa shape index (κ1) is 39.9. The molecule has 0 aliphatic heterocycles. The fraction of sp³-hybridized carbons (Fsp3) is 0.533. The van der Waals surface area contributed by atoms with Crippen LogP contribution in [-0.2, 0) is 24.9 Å². The van der Waals surface area contributed by atoms with E-state index in [0.29, 0.717) is 11.7 Å². The van der Waals surface area contributed by atoms with E-state index in [9.17, 15) is 9.90 Å². The number of ketones is 1. The summed E-state index contributed by atoms with van der Waals surface area (Å²) in [6.07, 6.45) is 20.1. The van der Waals surface area contributed by atoms with Crippen LogP contribution in [0.5, 0.6) is 0 Å². The molecule has 0 unspecified atom stereocenters. The molecule has 4 aromatic rings. The maximum atomic E-state index is 12.2. The molecule has 0 atom stereocenters. The van der Waals surface area contributed by atoms with Gasteiger partial charge in [0, 0.05) is 38.0 Å². The third-order valence-electron chi connectivity index (χ3n) is 11.8. The molecule has 3 fully saturated rings. The number of fused-ring (bicyclic) bond motifs is 2. The van der Waals surface area contributed by atoms with E-state index in [1.165, 1.54) is 67.7 Å². The summed E-state index contributed by atoms with van der Waals surface area (Å²) in [5.41, 5.74) is 4.52. The van der Waals surface area contributed by atoms with Crippen molar-refractivity contribution in [2.45, 2.75) is 124 Å². The number of carbonyl (C=O) groups excluding carboxylic acids is 1. The van der Waals surface area contributed by atoms with Gasteiger partial charge in [0.15, 0.2) is 5.78 Å². The van der Waals surface area contributed by atoms with Gasteiger partial charge in [-0.15, -0.1) is 29.1 Å². The first-order valence-electron chi connectivity index (χ1n) is 19.0. The summed E-state index contributed by atoms with van der Waals surface area (Å²) < 4.78 is 0. The summed E-state index contributed by atoms with van der Waals surface area (Å²) in [5.74, 6) is 4.07. The van der Waals surface area contributed by atoms with Gasteiger partial charge in [-0.3, -0.25) is 9.78 Å². The van der Waals surface area contributed by atoms with Crippen molar-refractivity contribution in [1.29, 1.82) is 0 Å². The quantitative estimate of drug-likeness (QED) is 0.114. The maximum absolute atomic E-state index is 12.2. The summed E-state index contributed by atoms with van der Waals surface area (Å²) in [6, 6.07) is 22.9. The van der Waals surface area contributed by atoms with E-state index >= 15 is 0 Å². The fourth-order valence-electron chi connectivity index (χ4n) is 8.56. The summed E-state index contributed by atoms with van der Waals surface area (Å²) in [5, 5.41) is 13.7. The van der Waals surface area contributed by atoms with Crippen LogP contribution in [0.4, 0.5) is 0 Å². The zero-order valence-corrected chi connectivity index (χ0v) is 32.2. The molecule has 3 aliphatic rings. The average molecular weight is 852 g/mol. The number of aromatic nitrogens is 2. The molecule has 1 N–H and O–H groups in total. The molecule has 0 bridgehead atoms. The minimum Gasteiger partial charge on any atom is -0.512 e. The van der Waals surface area contributed by atoms with E-state index in [2.05, 4.69) is 80.4 Å². The Bertz CT molecular complexity index is 1690. The number of hydrogen-bond donors (Lipinski definition) is 1. The Balaban J connectivity index is 0.000000235. The van der Waals surface area contributed by atoms with Gasteiger partial charge in [-0.1, -0.05) is 109 Å². The van der Waals surface area contributed by atoms with Gasteiger partial charge in [0.2, 0.25) is 0 Å². The molecule has 271 valence electrons. The molecule has 0 amide bonds. The average Bonchev–Trinajstić information content (AvgIpc) is 3.12. The second-order valence-corrected chi connectivity index (χ2v) is 15.3. The number of nitrogens with zero attached hydrogens (tertiary/aromatic N) is 2. The standard InChI is InChI=1S/C27H27N2.C17H28O2.CH4.Ir/c1-2-6-19-11-13-20(14-12-19)22-15-16-26-25(17-22)27(29-18-28-26)24-10-5-8-21-7-3-4-9-23(21)24;1-12-3-7-14(8-4-12)16(18)11-17(19)15-9-5-13(2)6-10-15;;/h3-5,7-9,15-20H,2,6,11-14H2,1H3;11-15,18H,3-10H2,1-2H3;1H4;/q-1;;;. The van der Waals surface area contributed by atoms with Gasteiger partial charge in [0.1, 0.15) is 6.33 Å². The van der Waals surface area contributed by atoms with Crippen molar-refractivity contribution in [3.05, 3.63) is 84.4 Å². The smallest absolute Gasteiger partial charge is 0.162 e. The third-order valence-corrected chi connectivity index (χ3v) is 11.8. The van der Waals surface area contributed by atoms with Crippen LogP contribution in [0, 0.1) is 35.7 Å². The van der Waals surface area contributed by atoms with Crippen molar-refractivity contribution in [1.82, 2.24) is 9.97 Å². The molecule has 0 spiro atoms. The Morgan fingerprint density at radius 1 is 0.820 bits per heavy atom. The van der Waals surface area contributed by atoms with Crippen LogP contribution < -0.4 is 0 Å². The first-order valence-corrected chi connectivity index (χ1v) is 19.0. The molecule has 1 heterocycles. The van der Waals surface area contributed by atoms with Crippen LogP contribution in [0.1, 0.15) is 130 Å². The Morgan fingerprint density at radius 2 is 1.48 bits per heavy atom. The van der Waals surface area contributed by atoms with Crippen LogP contribution in [-0.4, -0.2) is 20.9 Å². The van der Waals surface area contributed by atoms with Crippen molar-refractivity contribution in [3.63, 3.8) is 0 Å². The second kappa shape index (κ2) is 19.1. The van der Waals surface area contributed by atoms with Gasteiger partial charge in [-0.25, -0.2) is 4.98 Å². The molecule has 1 radical (unpaired) electrons. The molecule has 3 aliphatic carbocycles. The second-order valence-electron chi connectivity index (χ2n) is 15.3. The van der Waals surface area contributed by atoms with Gasteiger partial charge in [0.25, 0.3) is 0 Å². The molecule has 4 nitrogen and oxygen atoms in total. The molecule has 7 rings (SSSR count). The van der Waals surface area contributed by atoms with Crippen LogP contribution in [0.25, 0.3) is 32.9 Å². The van der Waals surface area contributed by atoms with E-state index in [1.54, 1.807) is 12.4 Å². The van der Waals surface area contributed by atoms with E-state index < -0.39 is 0 Å². The number of aliphatic hydroxyl groups is 1. The SMILES string of the molecule is C.CC1CCC(C(=O)C=C(O)C2CCC(C)CC2)CC1.CCCC1CCC(c2ccc3ncnc(-c4[c-]ccc5ccccc45)c3c2)CC1.[Ir]. The van der Waals surface area contributed by atoms with Gasteiger partial charge in [-0.05, 0) is 97.7 Å². The summed E-state index contributed by atoms with van der Waals surface area (Å²) in [7, 11) is 0. The number of carbonyl (C=O) groups is 1. The number of benzene rings is 3. The topological polar surface area (TPSA) is 63.1 Å². The van der Waals surface area contributed by atoms with E-state index in [1.807, 2.05) is 6.07 Å². The fourth-order valence-corrected chi connectivity index (χ4v) is 8.56. The van der Waals surface area contributed by atoms with Crippen molar-refractivity contribution < 1.29 is 30.0 Å². The minimum absolute atomic E-state index is 0. The molecule has 1 aromatic heterocycles. The molecule has 50 heavy (non-hydrogen) atoms. The van der Waals surface area contributed by atoms with Crippen LogP contribution in [0.2, 0.25) is 0 Å².